The number of nitrogens with one attached hydrogen (secondary N) is 1. The van der Waals surface area contributed by atoms with E-state index in [1.54, 1.807) is 0 Å². The molecule has 7 heteroatoms. The minimum absolute atomic E-state index is 0.155. The van der Waals surface area contributed by atoms with Crippen LogP contribution < -0.4 is 5.43 Å². The van der Waals surface area contributed by atoms with Gasteiger partial charge in [-0.3, -0.25) is 4.79 Å². The Hall–Kier alpha value is -2.80. The van der Waals surface area contributed by atoms with Crippen molar-refractivity contribution in [1.29, 1.82) is 0 Å². The molecule has 1 amide bonds. The zero-order chi connectivity index (χ0) is 21.8. The third-order valence-electron chi connectivity index (χ3n) is 5.45. The fraction of sp³-hybridized carbons (Fsp3) is 0.375. The normalized spacial score (nSPS) is 17.6. The summed E-state index contributed by atoms with van der Waals surface area (Å²) in [6.45, 7) is 7.84. The lowest BCUT2D eigenvalue weighted by Crippen LogP contribution is -2.46. The van der Waals surface area contributed by atoms with Crippen molar-refractivity contribution in [2.75, 3.05) is 18.5 Å². The van der Waals surface area contributed by atoms with E-state index in [1.807, 2.05) is 39.9 Å². The maximum Gasteiger partial charge on any atom is 0.238 e. The van der Waals surface area contributed by atoms with Gasteiger partial charge >= 0.3 is 0 Å². The van der Waals surface area contributed by atoms with E-state index < -0.39 is 0 Å². The van der Waals surface area contributed by atoms with Crippen molar-refractivity contribution in [2.45, 2.75) is 50.1 Å². The van der Waals surface area contributed by atoms with Crippen LogP contribution in [0.3, 0.4) is 0 Å². The highest BCUT2D eigenvalue weighted by atomic mass is 32.2. The number of thioether (sulfide) groups is 1. The van der Waals surface area contributed by atoms with E-state index in [-0.39, 0.29) is 17.2 Å². The first kappa shape index (κ1) is 21.4. The van der Waals surface area contributed by atoms with Crippen LogP contribution in [0.2, 0.25) is 0 Å². The average molecular weight is 436 g/mol. The molecule has 2 atom stereocenters. The fourth-order valence-corrected chi connectivity index (χ4v) is 5.06. The van der Waals surface area contributed by atoms with E-state index >= 15 is 0 Å². The number of carbonyl (C=O) groups is 1. The lowest BCUT2D eigenvalue weighted by molar-refractivity contribution is -0.131. The molecule has 4 rings (SSSR count). The number of hydrogen-bond acceptors (Lipinski definition) is 5. The molecule has 0 spiro atoms. The number of benzene rings is 2. The van der Waals surface area contributed by atoms with E-state index in [1.165, 1.54) is 17.3 Å². The van der Waals surface area contributed by atoms with E-state index in [4.69, 9.17) is 0 Å². The summed E-state index contributed by atoms with van der Waals surface area (Å²) < 4.78 is 1.93. The molecule has 0 fully saturated rings. The average Bonchev–Trinajstić information content (AvgIpc) is 3.22. The number of hydrogen-bond donors (Lipinski definition) is 1. The monoisotopic (exact) mass is 435 g/mol. The van der Waals surface area contributed by atoms with E-state index in [9.17, 15) is 4.79 Å². The third kappa shape index (κ3) is 4.46. The quantitative estimate of drug-likeness (QED) is 0.585. The summed E-state index contributed by atoms with van der Waals surface area (Å²) in [5.41, 5.74) is 6.84. The molecule has 1 aliphatic rings. The molecule has 2 aromatic carbocycles. The van der Waals surface area contributed by atoms with Gasteiger partial charge in [0.2, 0.25) is 11.1 Å². The third-order valence-corrected chi connectivity index (χ3v) is 6.65. The highest BCUT2D eigenvalue weighted by Gasteiger charge is 2.39. The highest BCUT2D eigenvalue weighted by molar-refractivity contribution is 8.00. The summed E-state index contributed by atoms with van der Waals surface area (Å²) in [4.78, 5) is 15.6. The molecule has 2 heterocycles. The molecule has 31 heavy (non-hydrogen) atoms. The Morgan fingerprint density at radius 2 is 1.71 bits per heavy atom. The number of fused-ring (bicyclic) bond motifs is 1. The second-order valence-corrected chi connectivity index (χ2v) is 9.00. The predicted molar refractivity (Wildman–Crippen MR) is 126 cm³/mol. The first-order chi connectivity index (χ1) is 15.1. The lowest BCUT2D eigenvalue weighted by atomic mass is 10.0. The van der Waals surface area contributed by atoms with Crippen molar-refractivity contribution < 1.29 is 4.79 Å². The van der Waals surface area contributed by atoms with Gasteiger partial charge in [-0.05, 0) is 25.3 Å². The van der Waals surface area contributed by atoms with Gasteiger partial charge in [-0.25, -0.2) is 4.68 Å². The Morgan fingerprint density at radius 3 is 2.35 bits per heavy atom. The summed E-state index contributed by atoms with van der Waals surface area (Å²) in [5, 5.41) is 9.24. The van der Waals surface area contributed by atoms with Gasteiger partial charge in [0.1, 0.15) is 5.25 Å². The van der Waals surface area contributed by atoms with Crippen LogP contribution in [0.4, 0.5) is 0 Å². The van der Waals surface area contributed by atoms with Gasteiger partial charge in [0, 0.05) is 18.7 Å². The molecule has 162 valence electrons. The Labute approximate surface area is 188 Å². The highest BCUT2D eigenvalue weighted by Crippen LogP contribution is 2.39. The maximum absolute atomic E-state index is 13.6. The topological polar surface area (TPSA) is 63.1 Å². The minimum Gasteiger partial charge on any atom is -0.342 e. The molecule has 0 radical (unpaired) electrons. The van der Waals surface area contributed by atoms with Gasteiger partial charge in [-0.2, -0.15) is 0 Å². The Bertz CT molecular complexity index is 1010. The van der Waals surface area contributed by atoms with E-state index in [2.05, 4.69) is 60.7 Å². The number of rotatable bonds is 7. The van der Waals surface area contributed by atoms with Crippen LogP contribution in [-0.2, 0) is 4.79 Å². The molecule has 0 aliphatic carbocycles. The zero-order valence-corrected chi connectivity index (χ0v) is 19.1. The van der Waals surface area contributed by atoms with Gasteiger partial charge in [0.25, 0.3) is 0 Å². The molecule has 1 aromatic heterocycles. The van der Waals surface area contributed by atoms with E-state index in [0.29, 0.717) is 5.16 Å². The van der Waals surface area contributed by atoms with Crippen molar-refractivity contribution >= 4 is 17.7 Å². The van der Waals surface area contributed by atoms with Crippen LogP contribution in [0.15, 0.2) is 59.8 Å². The predicted octanol–water partition coefficient (Wildman–Crippen LogP) is 4.66. The van der Waals surface area contributed by atoms with Gasteiger partial charge < -0.3 is 10.3 Å². The largest absolute Gasteiger partial charge is 0.342 e. The van der Waals surface area contributed by atoms with Crippen molar-refractivity contribution in [1.82, 2.24) is 19.8 Å². The van der Waals surface area contributed by atoms with Gasteiger partial charge in [-0.15, -0.1) is 10.2 Å². The first-order valence-corrected chi connectivity index (χ1v) is 11.8. The van der Waals surface area contributed by atoms with Crippen molar-refractivity contribution in [2.24, 2.45) is 0 Å². The van der Waals surface area contributed by atoms with Gasteiger partial charge in [-0.1, -0.05) is 85.8 Å². The van der Waals surface area contributed by atoms with Gasteiger partial charge in [0.15, 0.2) is 5.82 Å². The van der Waals surface area contributed by atoms with Crippen LogP contribution in [0.25, 0.3) is 11.4 Å². The van der Waals surface area contributed by atoms with E-state index in [0.717, 1.165) is 42.9 Å². The second kappa shape index (κ2) is 9.56. The molecule has 0 saturated carbocycles. The molecule has 1 aliphatic heterocycles. The molecule has 1 N–H and O–H groups in total. The van der Waals surface area contributed by atoms with Crippen molar-refractivity contribution in [3.8, 4) is 11.4 Å². The van der Waals surface area contributed by atoms with Crippen LogP contribution in [0, 0.1) is 6.92 Å². The second-order valence-electron chi connectivity index (χ2n) is 7.89. The summed E-state index contributed by atoms with van der Waals surface area (Å²) in [6.07, 6.45) is 1.89. The maximum atomic E-state index is 13.6. The number of amides is 1. The fourth-order valence-electron chi connectivity index (χ4n) is 3.89. The number of aryl methyl sites for hydroxylation is 1. The van der Waals surface area contributed by atoms with Crippen molar-refractivity contribution in [3.05, 3.63) is 65.7 Å². The number of nitrogens with zero attached hydrogens (tertiary/aromatic N) is 4. The Kier molecular flexibility index (Phi) is 6.61. The van der Waals surface area contributed by atoms with Crippen LogP contribution in [0.1, 0.15) is 43.9 Å². The van der Waals surface area contributed by atoms with Crippen molar-refractivity contribution in [3.63, 3.8) is 0 Å². The van der Waals surface area contributed by atoms with Crippen LogP contribution >= 0.6 is 11.8 Å². The Balaban J connectivity index is 1.73. The molecule has 6 nitrogen and oxygen atoms in total. The molecule has 0 saturated heterocycles. The molecule has 3 aromatic rings. The SMILES string of the molecule is CCCN(CCC)C(=O)[C@@H]1Sc2nnc(-c3ccccc3)n2N[C@@H]1c1ccc(C)cc1. The minimum atomic E-state index is -0.305. The smallest absolute Gasteiger partial charge is 0.238 e. The standard InChI is InChI=1S/C24H29N5OS/c1-4-15-28(16-5-2)23(30)21-20(18-13-11-17(3)12-14-18)27-29-22(25-26-24(29)31-21)19-9-7-6-8-10-19/h6-14,20-21,27H,4-5,15-16H2,1-3H3/t20-,21-/m1/s1. The summed E-state index contributed by atoms with van der Waals surface area (Å²) in [5.74, 6) is 0.910. The molecular formula is C24H29N5OS. The number of aromatic nitrogens is 3. The van der Waals surface area contributed by atoms with Crippen LogP contribution in [0.5, 0.6) is 0 Å². The molecular weight excluding hydrogens is 406 g/mol. The number of carbonyl (C=O) groups excluding carboxylic acids is 1. The summed E-state index contributed by atoms with van der Waals surface area (Å²) >= 11 is 1.50. The lowest BCUT2D eigenvalue weighted by Gasteiger charge is -2.36. The summed E-state index contributed by atoms with van der Waals surface area (Å²) in [7, 11) is 0. The first-order valence-electron chi connectivity index (χ1n) is 10.9. The van der Waals surface area contributed by atoms with Gasteiger partial charge in [0.05, 0.1) is 6.04 Å². The zero-order valence-electron chi connectivity index (χ0n) is 18.3. The Morgan fingerprint density at radius 1 is 1.03 bits per heavy atom. The molecule has 0 unspecified atom stereocenters. The molecule has 0 bridgehead atoms. The van der Waals surface area contributed by atoms with Crippen LogP contribution in [-0.4, -0.2) is 44.0 Å². The summed E-state index contributed by atoms with van der Waals surface area (Å²) in [6, 6.07) is 18.2.